The van der Waals surface area contributed by atoms with Gasteiger partial charge in [0.2, 0.25) is 0 Å². The number of nitrogens with zero attached hydrogens (tertiary/aromatic N) is 1. The summed E-state index contributed by atoms with van der Waals surface area (Å²) in [6.45, 7) is 4.33. The standard InChI is InChI=1S/C12H12BrNS/c1-8(2)11-7-15-12(14-11)9-5-3-4-6-10(9)13/h3-8H,1-2H3. The van der Waals surface area contributed by atoms with Crippen molar-refractivity contribution in [2.45, 2.75) is 19.8 Å². The van der Waals surface area contributed by atoms with Crippen LogP contribution in [0.2, 0.25) is 0 Å². The zero-order valence-corrected chi connectivity index (χ0v) is 11.1. The first kappa shape index (κ1) is 10.8. The molecule has 0 N–H and O–H groups in total. The highest BCUT2D eigenvalue weighted by Crippen LogP contribution is 2.31. The molecule has 1 heterocycles. The minimum Gasteiger partial charge on any atom is -0.241 e. The highest BCUT2D eigenvalue weighted by molar-refractivity contribution is 9.10. The largest absolute Gasteiger partial charge is 0.241 e. The van der Waals surface area contributed by atoms with E-state index in [0.717, 1.165) is 9.48 Å². The first-order valence-electron chi connectivity index (χ1n) is 4.89. The number of benzene rings is 1. The van der Waals surface area contributed by atoms with Crippen molar-refractivity contribution in [2.75, 3.05) is 0 Å². The number of hydrogen-bond acceptors (Lipinski definition) is 2. The molecule has 1 aromatic carbocycles. The Kier molecular flexibility index (Phi) is 3.22. The summed E-state index contributed by atoms with van der Waals surface area (Å²) in [5.74, 6) is 0.498. The maximum Gasteiger partial charge on any atom is 0.124 e. The average molecular weight is 282 g/mol. The van der Waals surface area contributed by atoms with Gasteiger partial charge in [-0.25, -0.2) is 4.98 Å². The van der Waals surface area contributed by atoms with Crippen molar-refractivity contribution in [1.82, 2.24) is 4.98 Å². The molecule has 0 aliphatic carbocycles. The summed E-state index contributed by atoms with van der Waals surface area (Å²) in [7, 11) is 0. The van der Waals surface area contributed by atoms with Gasteiger partial charge in [0, 0.05) is 15.4 Å². The highest BCUT2D eigenvalue weighted by atomic mass is 79.9. The Hall–Kier alpha value is -0.670. The number of hydrogen-bond donors (Lipinski definition) is 0. The van der Waals surface area contributed by atoms with Crippen LogP contribution in [0.5, 0.6) is 0 Å². The van der Waals surface area contributed by atoms with Gasteiger partial charge in [-0.1, -0.05) is 48.0 Å². The molecule has 0 amide bonds. The van der Waals surface area contributed by atoms with E-state index in [-0.39, 0.29) is 0 Å². The molecule has 2 rings (SSSR count). The molecule has 0 aliphatic heterocycles. The van der Waals surface area contributed by atoms with Crippen LogP contribution in [0.15, 0.2) is 34.1 Å². The van der Waals surface area contributed by atoms with Crippen LogP contribution >= 0.6 is 27.3 Å². The Bertz CT molecular complexity index is 462. The normalized spacial score (nSPS) is 10.9. The molecule has 0 unspecified atom stereocenters. The molecular weight excluding hydrogens is 270 g/mol. The van der Waals surface area contributed by atoms with E-state index in [1.807, 2.05) is 18.2 Å². The predicted octanol–water partition coefficient (Wildman–Crippen LogP) is 4.70. The fourth-order valence-corrected chi connectivity index (χ4v) is 2.93. The lowest BCUT2D eigenvalue weighted by Gasteiger charge is -2.00. The van der Waals surface area contributed by atoms with E-state index in [1.165, 1.54) is 11.3 Å². The Balaban J connectivity index is 2.42. The van der Waals surface area contributed by atoms with Crippen LogP contribution in [-0.2, 0) is 0 Å². The molecule has 0 bridgehead atoms. The lowest BCUT2D eigenvalue weighted by Crippen LogP contribution is -1.86. The summed E-state index contributed by atoms with van der Waals surface area (Å²) in [5.41, 5.74) is 2.35. The Morgan fingerprint density at radius 2 is 2.00 bits per heavy atom. The Labute approximate surface area is 102 Å². The maximum absolute atomic E-state index is 4.63. The van der Waals surface area contributed by atoms with Gasteiger partial charge >= 0.3 is 0 Å². The Morgan fingerprint density at radius 1 is 1.27 bits per heavy atom. The van der Waals surface area contributed by atoms with Crippen LogP contribution in [-0.4, -0.2) is 4.98 Å². The molecule has 0 spiro atoms. The van der Waals surface area contributed by atoms with Gasteiger partial charge in [0.05, 0.1) is 5.69 Å². The average Bonchev–Trinajstić information content (AvgIpc) is 2.67. The first-order valence-corrected chi connectivity index (χ1v) is 6.56. The molecule has 0 saturated carbocycles. The van der Waals surface area contributed by atoms with Gasteiger partial charge in [0.15, 0.2) is 0 Å². The third-order valence-corrected chi connectivity index (χ3v) is 3.80. The van der Waals surface area contributed by atoms with Crippen molar-refractivity contribution in [3.05, 3.63) is 39.8 Å². The first-order chi connectivity index (χ1) is 7.18. The quantitative estimate of drug-likeness (QED) is 0.778. The third-order valence-electron chi connectivity index (χ3n) is 2.22. The minimum absolute atomic E-state index is 0.498. The van der Waals surface area contributed by atoms with Gasteiger partial charge in [0.1, 0.15) is 5.01 Å². The number of thiazole rings is 1. The van der Waals surface area contributed by atoms with Crippen molar-refractivity contribution in [3.63, 3.8) is 0 Å². The van der Waals surface area contributed by atoms with Crippen molar-refractivity contribution >= 4 is 27.3 Å². The minimum atomic E-state index is 0.498. The van der Waals surface area contributed by atoms with Crippen LogP contribution in [0, 0.1) is 0 Å². The molecule has 0 saturated heterocycles. The van der Waals surface area contributed by atoms with Crippen LogP contribution in [0.3, 0.4) is 0 Å². The molecule has 78 valence electrons. The van der Waals surface area contributed by atoms with E-state index in [9.17, 15) is 0 Å². The second kappa shape index (κ2) is 4.45. The van der Waals surface area contributed by atoms with Crippen molar-refractivity contribution in [3.8, 4) is 10.6 Å². The van der Waals surface area contributed by atoms with E-state index in [0.29, 0.717) is 5.92 Å². The highest BCUT2D eigenvalue weighted by Gasteiger charge is 2.09. The fraction of sp³-hybridized carbons (Fsp3) is 0.250. The smallest absolute Gasteiger partial charge is 0.124 e. The van der Waals surface area contributed by atoms with Gasteiger partial charge in [-0.15, -0.1) is 11.3 Å². The van der Waals surface area contributed by atoms with E-state index < -0.39 is 0 Å². The summed E-state index contributed by atoms with van der Waals surface area (Å²) in [5, 5.41) is 3.23. The molecule has 3 heteroatoms. The van der Waals surface area contributed by atoms with Crippen LogP contribution in [0.4, 0.5) is 0 Å². The molecule has 15 heavy (non-hydrogen) atoms. The summed E-state index contributed by atoms with van der Waals surface area (Å²) >= 11 is 5.25. The van der Waals surface area contributed by atoms with E-state index in [1.54, 1.807) is 11.3 Å². The van der Waals surface area contributed by atoms with Gasteiger partial charge < -0.3 is 0 Å². The maximum atomic E-state index is 4.63. The Morgan fingerprint density at radius 3 is 2.60 bits per heavy atom. The topological polar surface area (TPSA) is 12.9 Å². The molecule has 1 aromatic heterocycles. The number of aromatic nitrogens is 1. The van der Waals surface area contributed by atoms with E-state index >= 15 is 0 Å². The molecule has 2 aromatic rings. The molecule has 1 nitrogen and oxygen atoms in total. The van der Waals surface area contributed by atoms with Gasteiger partial charge in [-0.3, -0.25) is 0 Å². The third kappa shape index (κ3) is 2.29. The molecule has 0 fully saturated rings. The van der Waals surface area contributed by atoms with Crippen molar-refractivity contribution in [1.29, 1.82) is 0 Å². The lowest BCUT2D eigenvalue weighted by atomic mass is 10.1. The summed E-state index contributed by atoms with van der Waals surface area (Å²) < 4.78 is 1.11. The second-order valence-corrected chi connectivity index (χ2v) is 5.42. The predicted molar refractivity (Wildman–Crippen MR) is 69.3 cm³/mol. The lowest BCUT2D eigenvalue weighted by molar-refractivity contribution is 0.834. The zero-order chi connectivity index (χ0) is 10.8. The fourth-order valence-electron chi connectivity index (χ4n) is 1.31. The van der Waals surface area contributed by atoms with E-state index in [2.05, 4.69) is 46.2 Å². The molecule has 0 atom stereocenters. The molecule has 0 aliphatic rings. The van der Waals surface area contributed by atoms with Crippen molar-refractivity contribution < 1.29 is 0 Å². The summed E-state index contributed by atoms with van der Waals surface area (Å²) in [6.07, 6.45) is 0. The van der Waals surface area contributed by atoms with Crippen LogP contribution in [0.1, 0.15) is 25.5 Å². The SMILES string of the molecule is CC(C)c1csc(-c2ccccc2Br)n1. The van der Waals surface area contributed by atoms with Crippen LogP contribution in [0.25, 0.3) is 10.6 Å². The second-order valence-electron chi connectivity index (χ2n) is 3.71. The van der Waals surface area contributed by atoms with Crippen LogP contribution < -0.4 is 0 Å². The van der Waals surface area contributed by atoms with Gasteiger partial charge in [-0.2, -0.15) is 0 Å². The number of rotatable bonds is 2. The summed E-state index contributed by atoms with van der Waals surface area (Å²) in [6, 6.07) is 8.19. The molecule has 0 radical (unpaired) electrons. The number of halogens is 1. The van der Waals surface area contributed by atoms with Gasteiger partial charge in [0.25, 0.3) is 0 Å². The van der Waals surface area contributed by atoms with Gasteiger partial charge in [-0.05, 0) is 12.0 Å². The van der Waals surface area contributed by atoms with Crippen molar-refractivity contribution in [2.24, 2.45) is 0 Å². The summed E-state index contributed by atoms with van der Waals surface area (Å²) in [4.78, 5) is 4.63. The zero-order valence-electron chi connectivity index (χ0n) is 8.70. The monoisotopic (exact) mass is 281 g/mol. The molecular formula is C12H12BrNS. The van der Waals surface area contributed by atoms with E-state index in [4.69, 9.17) is 0 Å².